The number of alkyl halides is 3. The number of halogens is 3. The Balaban J connectivity index is 1.55. The number of rotatable bonds is 4. The number of hydrogen-bond donors (Lipinski definition) is 2. The lowest BCUT2D eigenvalue weighted by Gasteiger charge is -2.32. The molecule has 12 heteroatoms. The molecule has 29 heavy (non-hydrogen) atoms. The molecule has 2 heterocycles. The predicted molar refractivity (Wildman–Crippen MR) is 104 cm³/mol. The van der Waals surface area contributed by atoms with E-state index in [0.717, 1.165) is 16.9 Å². The van der Waals surface area contributed by atoms with E-state index < -0.39 is 15.5 Å². The van der Waals surface area contributed by atoms with Gasteiger partial charge in [0.15, 0.2) is 5.96 Å². The molecule has 160 valence electrons. The molecule has 0 spiro atoms. The van der Waals surface area contributed by atoms with E-state index >= 15 is 0 Å². The molecule has 0 amide bonds. The van der Waals surface area contributed by atoms with Gasteiger partial charge in [-0.25, -0.2) is 13.4 Å². The van der Waals surface area contributed by atoms with Crippen LogP contribution in [0.1, 0.15) is 18.7 Å². The number of sulfonamides is 1. The molecule has 1 aliphatic rings. The van der Waals surface area contributed by atoms with Crippen molar-refractivity contribution >= 4 is 27.0 Å². The summed E-state index contributed by atoms with van der Waals surface area (Å²) in [5.74, 6) is 1.29. The third-order valence-electron chi connectivity index (χ3n) is 4.94. The van der Waals surface area contributed by atoms with Gasteiger partial charge in [-0.3, -0.25) is 4.99 Å². The lowest BCUT2D eigenvalue weighted by atomic mass is 10.1. The summed E-state index contributed by atoms with van der Waals surface area (Å²) in [6.45, 7) is 0.0225. The SMILES string of the molecule is CN=C(NCc1nc2ccccc2n1C)NC1CCN(S(=O)(=O)C(F)(F)F)CC1. The summed E-state index contributed by atoms with van der Waals surface area (Å²) in [6.07, 6.45) is 0.505. The maximum absolute atomic E-state index is 12.7. The van der Waals surface area contributed by atoms with Crippen LogP contribution in [0.4, 0.5) is 13.2 Å². The molecule has 1 fully saturated rings. The van der Waals surface area contributed by atoms with Gasteiger partial charge in [-0.05, 0) is 25.0 Å². The molecule has 1 aromatic carbocycles. The lowest BCUT2D eigenvalue weighted by molar-refractivity contribution is -0.0494. The largest absolute Gasteiger partial charge is 0.511 e. The number of nitrogens with zero attached hydrogens (tertiary/aromatic N) is 4. The average Bonchev–Trinajstić information content (AvgIpc) is 3.00. The molecule has 2 aromatic rings. The molecule has 3 rings (SSSR count). The fraction of sp³-hybridized carbons (Fsp3) is 0.529. The quantitative estimate of drug-likeness (QED) is 0.565. The highest BCUT2D eigenvalue weighted by Crippen LogP contribution is 2.28. The highest BCUT2D eigenvalue weighted by Gasteiger charge is 2.50. The zero-order valence-electron chi connectivity index (χ0n) is 16.1. The van der Waals surface area contributed by atoms with E-state index in [4.69, 9.17) is 0 Å². The molecular weight excluding hydrogens is 409 g/mol. The summed E-state index contributed by atoms with van der Waals surface area (Å²) in [5.41, 5.74) is -3.38. The topological polar surface area (TPSA) is 91.6 Å². The Morgan fingerprint density at radius 3 is 2.52 bits per heavy atom. The predicted octanol–water partition coefficient (Wildman–Crippen LogP) is 1.55. The Morgan fingerprint density at radius 1 is 1.28 bits per heavy atom. The fourth-order valence-corrected chi connectivity index (χ4v) is 4.28. The van der Waals surface area contributed by atoms with Crippen LogP contribution in [0.2, 0.25) is 0 Å². The first-order chi connectivity index (χ1) is 13.6. The Morgan fingerprint density at radius 2 is 1.93 bits per heavy atom. The van der Waals surface area contributed by atoms with E-state index in [9.17, 15) is 21.6 Å². The van der Waals surface area contributed by atoms with Gasteiger partial charge in [-0.2, -0.15) is 17.5 Å². The van der Waals surface area contributed by atoms with Gasteiger partial charge in [0.1, 0.15) is 5.82 Å². The van der Waals surface area contributed by atoms with Crippen LogP contribution in [0.25, 0.3) is 11.0 Å². The van der Waals surface area contributed by atoms with Crippen LogP contribution >= 0.6 is 0 Å². The van der Waals surface area contributed by atoms with Crippen LogP contribution in [0.5, 0.6) is 0 Å². The third kappa shape index (κ3) is 4.47. The zero-order chi connectivity index (χ0) is 21.2. The van der Waals surface area contributed by atoms with Gasteiger partial charge in [0.25, 0.3) is 0 Å². The van der Waals surface area contributed by atoms with Gasteiger partial charge in [-0.1, -0.05) is 12.1 Å². The molecule has 1 saturated heterocycles. The van der Waals surface area contributed by atoms with Crippen molar-refractivity contribution < 1.29 is 21.6 Å². The van der Waals surface area contributed by atoms with Crippen LogP contribution in [-0.4, -0.2) is 59.9 Å². The van der Waals surface area contributed by atoms with Crippen molar-refractivity contribution in [2.45, 2.75) is 30.9 Å². The minimum Gasteiger partial charge on any atom is -0.354 e. The zero-order valence-corrected chi connectivity index (χ0v) is 16.9. The van der Waals surface area contributed by atoms with Gasteiger partial charge in [-0.15, -0.1) is 0 Å². The summed E-state index contributed by atoms with van der Waals surface area (Å²) in [6, 6.07) is 7.57. The number of piperidine rings is 1. The normalized spacial score (nSPS) is 17.6. The van der Waals surface area contributed by atoms with Crippen molar-refractivity contribution in [3.05, 3.63) is 30.1 Å². The summed E-state index contributed by atoms with van der Waals surface area (Å²) in [4.78, 5) is 8.70. The van der Waals surface area contributed by atoms with E-state index in [1.54, 1.807) is 7.05 Å². The van der Waals surface area contributed by atoms with E-state index in [1.165, 1.54) is 0 Å². The number of nitrogens with one attached hydrogen (secondary N) is 2. The number of benzene rings is 1. The number of guanidine groups is 1. The van der Waals surface area contributed by atoms with Crippen LogP contribution in [0.3, 0.4) is 0 Å². The second-order valence-corrected chi connectivity index (χ2v) is 8.70. The number of aliphatic imine (C=N–C) groups is 1. The molecule has 1 aliphatic heterocycles. The van der Waals surface area contributed by atoms with Gasteiger partial charge >= 0.3 is 15.5 Å². The number of aryl methyl sites for hydroxylation is 1. The van der Waals surface area contributed by atoms with Crippen LogP contribution in [0, 0.1) is 0 Å². The molecule has 8 nitrogen and oxygen atoms in total. The molecule has 0 saturated carbocycles. The number of fused-ring (bicyclic) bond motifs is 1. The first-order valence-electron chi connectivity index (χ1n) is 9.07. The van der Waals surface area contributed by atoms with Crippen LogP contribution < -0.4 is 10.6 Å². The second-order valence-electron chi connectivity index (χ2n) is 6.77. The summed E-state index contributed by atoms with van der Waals surface area (Å²) in [5, 5.41) is 6.28. The highest BCUT2D eigenvalue weighted by atomic mass is 32.2. The fourth-order valence-electron chi connectivity index (χ4n) is 3.29. The molecule has 0 bridgehead atoms. The molecule has 0 aliphatic carbocycles. The van der Waals surface area contributed by atoms with Crippen molar-refractivity contribution in [2.75, 3.05) is 20.1 Å². The van der Waals surface area contributed by atoms with Crippen molar-refractivity contribution in [2.24, 2.45) is 12.0 Å². The Kier molecular flexibility index (Phi) is 6.03. The summed E-state index contributed by atoms with van der Waals surface area (Å²) < 4.78 is 63.4. The minimum absolute atomic E-state index is 0.179. The minimum atomic E-state index is -5.27. The number of hydrogen-bond acceptors (Lipinski definition) is 4. The Bertz CT molecular complexity index is 994. The molecule has 0 atom stereocenters. The molecule has 0 radical (unpaired) electrons. The van der Waals surface area contributed by atoms with Gasteiger partial charge in [0, 0.05) is 33.2 Å². The van der Waals surface area contributed by atoms with E-state index in [0.29, 0.717) is 16.8 Å². The van der Waals surface area contributed by atoms with Crippen LogP contribution in [-0.2, 0) is 23.6 Å². The summed E-state index contributed by atoms with van der Waals surface area (Å²) in [7, 11) is -1.77. The second kappa shape index (κ2) is 8.19. The average molecular weight is 432 g/mol. The van der Waals surface area contributed by atoms with Crippen molar-refractivity contribution in [1.29, 1.82) is 0 Å². The van der Waals surface area contributed by atoms with Crippen molar-refractivity contribution in [3.8, 4) is 0 Å². The highest BCUT2D eigenvalue weighted by molar-refractivity contribution is 7.90. The van der Waals surface area contributed by atoms with Crippen molar-refractivity contribution in [1.82, 2.24) is 24.5 Å². The number of aromatic nitrogens is 2. The molecule has 2 N–H and O–H groups in total. The van der Waals surface area contributed by atoms with E-state index in [1.807, 2.05) is 35.9 Å². The number of imidazole rings is 1. The maximum atomic E-state index is 12.7. The van der Waals surface area contributed by atoms with E-state index in [2.05, 4.69) is 20.6 Å². The van der Waals surface area contributed by atoms with Crippen molar-refractivity contribution in [3.63, 3.8) is 0 Å². The molecular formula is C17H23F3N6O2S. The van der Waals surface area contributed by atoms with Gasteiger partial charge in [0.05, 0.1) is 17.6 Å². The molecule has 0 unspecified atom stereocenters. The smallest absolute Gasteiger partial charge is 0.354 e. The standard InChI is InChI=1S/C17H23F3N6O2S/c1-21-16(22-11-15-24-13-5-3-4-6-14(13)25(15)2)23-12-7-9-26(10-8-12)29(27,28)17(18,19)20/h3-6,12H,7-11H2,1-2H3,(H2,21,22,23). The Hall–Kier alpha value is -2.34. The first kappa shape index (κ1) is 21.4. The lowest BCUT2D eigenvalue weighted by Crippen LogP contribution is -2.51. The monoisotopic (exact) mass is 432 g/mol. The summed E-state index contributed by atoms with van der Waals surface area (Å²) >= 11 is 0. The van der Waals surface area contributed by atoms with Gasteiger partial charge in [0.2, 0.25) is 0 Å². The third-order valence-corrected chi connectivity index (χ3v) is 6.57. The molecule has 1 aromatic heterocycles. The maximum Gasteiger partial charge on any atom is 0.511 e. The Labute approximate surface area is 166 Å². The first-order valence-corrected chi connectivity index (χ1v) is 10.5. The van der Waals surface area contributed by atoms with Crippen LogP contribution in [0.15, 0.2) is 29.3 Å². The van der Waals surface area contributed by atoms with Gasteiger partial charge < -0.3 is 15.2 Å². The number of para-hydroxylation sites is 2. The van der Waals surface area contributed by atoms with E-state index in [-0.39, 0.29) is 32.0 Å².